The minimum absolute atomic E-state index is 0.0148. The molecule has 0 spiro atoms. The van der Waals surface area contributed by atoms with Crippen molar-refractivity contribution in [3.8, 4) is 11.4 Å². The Bertz CT molecular complexity index is 694. The molecule has 0 saturated carbocycles. The van der Waals surface area contributed by atoms with Crippen molar-refractivity contribution < 1.29 is 4.79 Å². The molecular formula is C20H26N4O. The number of carbonyl (C=O) groups is 1. The number of carbonyl (C=O) groups excluding carboxylic acids is 1. The first-order valence-corrected chi connectivity index (χ1v) is 9.25. The first-order chi connectivity index (χ1) is 12.3. The number of amides is 1. The van der Waals surface area contributed by atoms with Crippen molar-refractivity contribution in [2.45, 2.75) is 39.0 Å². The zero-order valence-corrected chi connectivity index (χ0v) is 14.9. The van der Waals surface area contributed by atoms with Crippen LogP contribution >= 0.6 is 0 Å². The molecule has 2 aromatic rings. The van der Waals surface area contributed by atoms with Gasteiger partial charge in [0.1, 0.15) is 11.5 Å². The molecule has 0 radical (unpaired) electrons. The smallest absolute Gasteiger partial charge is 0.272 e. The average Bonchev–Trinajstić information content (AvgIpc) is 2.95. The summed E-state index contributed by atoms with van der Waals surface area (Å²) in [6.07, 6.45) is 5.55. The molecule has 5 nitrogen and oxygen atoms in total. The Morgan fingerprint density at radius 3 is 2.48 bits per heavy atom. The molecule has 1 aromatic carbocycles. The number of nitrogens with one attached hydrogen (secondary N) is 1. The molecule has 1 N–H and O–H groups in total. The summed E-state index contributed by atoms with van der Waals surface area (Å²) in [7, 11) is 0. The first kappa shape index (κ1) is 17.4. The summed E-state index contributed by atoms with van der Waals surface area (Å²) < 4.78 is 0. The van der Waals surface area contributed by atoms with Crippen LogP contribution < -0.4 is 5.32 Å². The molecule has 1 aliphatic rings. The Morgan fingerprint density at radius 1 is 1.08 bits per heavy atom. The van der Waals surface area contributed by atoms with E-state index >= 15 is 0 Å². The van der Waals surface area contributed by atoms with E-state index in [1.807, 2.05) is 35.2 Å². The van der Waals surface area contributed by atoms with E-state index in [9.17, 15) is 4.79 Å². The van der Waals surface area contributed by atoms with Crippen molar-refractivity contribution in [3.63, 3.8) is 0 Å². The number of hydrogen-bond donors (Lipinski definition) is 1. The molecule has 0 bridgehead atoms. The van der Waals surface area contributed by atoms with Crippen molar-refractivity contribution in [2.75, 3.05) is 25.0 Å². The van der Waals surface area contributed by atoms with Gasteiger partial charge in [0.25, 0.3) is 5.91 Å². The quantitative estimate of drug-likeness (QED) is 0.896. The lowest BCUT2D eigenvalue weighted by atomic mass is 10.2. The lowest BCUT2D eigenvalue weighted by Gasteiger charge is -2.20. The maximum atomic E-state index is 13.0. The van der Waals surface area contributed by atoms with E-state index < -0.39 is 0 Å². The van der Waals surface area contributed by atoms with Gasteiger partial charge in [-0.2, -0.15) is 0 Å². The molecule has 25 heavy (non-hydrogen) atoms. The molecular weight excluding hydrogens is 312 g/mol. The summed E-state index contributed by atoms with van der Waals surface area (Å²) in [5, 5.41) is 3.29. The Morgan fingerprint density at radius 2 is 1.80 bits per heavy atom. The molecule has 1 amide bonds. The van der Waals surface area contributed by atoms with Crippen molar-refractivity contribution in [2.24, 2.45) is 0 Å². The van der Waals surface area contributed by atoms with Gasteiger partial charge in [0.05, 0.1) is 0 Å². The van der Waals surface area contributed by atoms with Crippen LogP contribution in [0.1, 0.15) is 49.5 Å². The normalized spacial score (nSPS) is 14.8. The average molecular weight is 338 g/mol. The number of rotatable bonds is 5. The van der Waals surface area contributed by atoms with Gasteiger partial charge in [0, 0.05) is 31.3 Å². The summed E-state index contributed by atoms with van der Waals surface area (Å²) in [6, 6.07) is 11.6. The molecule has 132 valence electrons. The van der Waals surface area contributed by atoms with Crippen LogP contribution in [-0.2, 0) is 0 Å². The molecule has 1 aliphatic heterocycles. The van der Waals surface area contributed by atoms with Gasteiger partial charge in [-0.3, -0.25) is 4.79 Å². The van der Waals surface area contributed by atoms with E-state index in [1.54, 1.807) is 6.07 Å². The van der Waals surface area contributed by atoms with E-state index in [-0.39, 0.29) is 5.91 Å². The summed E-state index contributed by atoms with van der Waals surface area (Å²) in [6.45, 7) is 4.57. The number of hydrogen-bond acceptors (Lipinski definition) is 4. The number of benzene rings is 1. The van der Waals surface area contributed by atoms with Gasteiger partial charge in [-0.1, -0.05) is 50.1 Å². The Balaban J connectivity index is 1.92. The standard InChI is InChI=1S/C20H26N4O/c1-2-12-21-18-15-17(20(25)24-13-8-3-4-9-14-24)22-19(23-18)16-10-6-5-7-11-16/h5-7,10-11,15H,2-4,8-9,12-14H2,1H3,(H,21,22,23). The van der Waals surface area contributed by atoms with E-state index in [0.29, 0.717) is 17.3 Å². The first-order valence-electron chi connectivity index (χ1n) is 9.25. The minimum atomic E-state index is 0.0148. The lowest BCUT2D eigenvalue weighted by molar-refractivity contribution is 0.0756. The molecule has 5 heteroatoms. The third kappa shape index (κ3) is 4.56. The third-order valence-corrected chi connectivity index (χ3v) is 4.43. The minimum Gasteiger partial charge on any atom is -0.370 e. The predicted octanol–water partition coefficient (Wildman–Crippen LogP) is 3.98. The topological polar surface area (TPSA) is 58.1 Å². The Hall–Kier alpha value is -2.43. The fourth-order valence-corrected chi connectivity index (χ4v) is 3.05. The van der Waals surface area contributed by atoms with Gasteiger partial charge >= 0.3 is 0 Å². The Kier molecular flexibility index (Phi) is 5.99. The SMILES string of the molecule is CCCNc1cc(C(=O)N2CCCCCC2)nc(-c2ccccc2)n1. The van der Waals surface area contributed by atoms with Crippen molar-refractivity contribution in [1.82, 2.24) is 14.9 Å². The van der Waals surface area contributed by atoms with E-state index in [4.69, 9.17) is 0 Å². The van der Waals surface area contributed by atoms with E-state index in [2.05, 4.69) is 22.2 Å². The van der Waals surface area contributed by atoms with Gasteiger partial charge < -0.3 is 10.2 Å². The molecule has 0 atom stereocenters. The summed E-state index contributed by atoms with van der Waals surface area (Å²) in [5.74, 6) is 1.33. The van der Waals surface area contributed by atoms with Crippen LogP contribution in [0.15, 0.2) is 36.4 Å². The van der Waals surface area contributed by atoms with Gasteiger partial charge in [-0.05, 0) is 19.3 Å². The van der Waals surface area contributed by atoms with Crippen LogP contribution in [0, 0.1) is 0 Å². The largest absolute Gasteiger partial charge is 0.370 e. The second-order valence-electron chi connectivity index (χ2n) is 6.46. The highest BCUT2D eigenvalue weighted by Crippen LogP contribution is 2.20. The van der Waals surface area contributed by atoms with Gasteiger partial charge in [-0.15, -0.1) is 0 Å². The predicted molar refractivity (Wildman–Crippen MR) is 101 cm³/mol. The molecule has 1 aromatic heterocycles. The number of anilines is 1. The maximum Gasteiger partial charge on any atom is 0.272 e. The maximum absolute atomic E-state index is 13.0. The van der Waals surface area contributed by atoms with Crippen molar-refractivity contribution >= 4 is 11.7 Å². The molecule has 1 saturated heterocycles. The van der Waals surface area contributed by atoms with Crippen LogP contribution in [0.5, 0.6) is 0 Å². The van der Waals surface area contributed by atoms with Crippen LogP contribution in [-0.4, -0.2) is 40.4 Å². The highest BCUT2D eigenvalue weighted by atomic mass is 16.2. The second-order valence-corrected chi connectivity index (χ2v) is 6.46. The van der Waals surface area contributed by atoms with Crippen molar-refractivity contribution in [3.05, 3.63) is 42.1 Å². The second kappa shape index (κ2) is 8.60. The third-order valence-electron chi connectivity index (χ3n) is 4.43. The number of likely N-dealkylation sites (tertiary alicyclic amines) is 1. The van der Waals surface area contributed by atoms with Crippen LogP contribution in [0.25, 0.3) is 11.4 Å². The fraction of sp³-hybridized carbons (Fsp3) is 0.450. The van der Waals surface area contributed by atoms with Crippen LogP contribution in [0.4, 0.5) is 5.82 Å². The summed E-state index contributed by atoms with van der Waals surface area (Å²) >= 11 is 0. The fourth-order valence-electron chi connectivity index (χ4n) is 3.05. The van der Waals surface area contributed by atoms with Crippen LogP contribution in [0.2, 0.25) is 0 Å². The zero-order valence-electron chi connectivity index (χ0n) is 14.9. The molecule has 3 rings (SSSR count). The molecule has 2 heterocycles. The Labute approximate surface area is 149 Å². The van der Waals surface area contributed by atoms with Gasteiger partial charge in [-0.25, -0.2) is 9.97 Å². The van der Waals surface area contributed by atoms with E-state index in [1.165, 1.54) is 12.8 Å². The van der Waals surface area contributed by atoms with Gasteiger partial charge in [0.15, 0.2) is 5.82 Å². The number of nitrogens with zero attached hydrogens (tertiary/aromatic N) is 3. The summed E-state index contributed by atoms with van der Waals surface area (Å²) in [5.41, 5.74) is 1.40. The highest BCUT2D eigenvalue weighted by Gasteiger charge is 2.20. The highest BCUT2D eigenvalue weighted by molar-refractivity contribution is 5.93. The monoisotopic (exact) mass is 338 g/mol. The van der Waals surface area contributed by atoms with Crippen LogP contribution in [0.3, 0.4) is 0 Å². The lowest BCUT2D eigenvalue weighted by Crippen LogP contribution is -2.32. The summed E-state index contributed by atoms with van der Waals surface area (Å²) in [4.78, 5) is 24.1. The van der Waals surface area contributed by atoms with Crippen molar-refractivity contribution in [1.29, 1.82) is 0 Å². The zero-order chi connectivity index (χ0) is 17.5. The van der Waals surface area contributed by atoms with E-state index in [0.717, 1.165) is 44.5 Å². The molecule has 0 unspecified atom stereocenters. The number of aromatic nitrogens is 2. The molecule has 0 aliphatic carbocycles. The molecule has 1 fully saturated rings. The van der Waals surface area contributed by atoms with Gasteiger partial charge in [0.2, 0.25) is 0 Å².